The smallest absolute Gasteiger partial charge is 0.326 e. The van der Waals surface area contributed by atoms with Crippen LogP contribution in [0.2, 0.25) is 0 Å². The number of rotatable bonds is 4. The Morgan fingerprint density at radius 1 is 0.893 bits per heavy atom. The first kappa shape index (κ1) is 21.4. The van der Waals surface area contributed by atoms with E-state index in [9.17, 15) is 31.5 Å². The van der Waals surface area contributed by atoms with Gasteiger partial charge >= 0.3 is 6.03 Å². The number of carbonyl (C=O) groups is 2. The Morgan fingerprint density at radius 2 is 1.43 bits per heavy atom. The number of imide groups is 1. The molecular formula is C16H10BrF5N2O4. The van der Waals surface area contributed by atoms with Crippen molar-refractivity contribution in [1.82, 2.24) is 5.32 Å². The number of benzene rings is 2. The second-order valence-corrected chi connectivity index (χ2v) is 5.87. The summed E-state index contributed by atoms with van der Waals surface area (Å²) < 4.78 is 77.0. The first-order chi connectivity index (χ1) is 13.1. The van der Waals surface area contributed by atoms with Crippen LogP contribution in [0.1, 0.15) is 10.4 Å². The second kappa shape index (κ2) is 8.42. The summed E-state index contributed by atoms with van der Waals surface area (Å²) in [5, 5.41) is 3.10. The Bertz CT molecular complexity index is 942. The highest BCUT2D eigenvalue weighted by Gasteiger charge is 2.28. The number of amides is 3. The molecule has 12 heteroatoms. The second-order valence-electron chi connectivity index (χ2n) is 5.01. The molecule has 2 aromatic carbocycles. The zero-order chi connectivity index (χ0) is 21.2. The van der Waals surface area contributed by atoms with Crippen LogP contribution < -0.4 is 20.1 Å². The lowest BCUT2D eigenvalue weighted by atomic mass is 10.1. The number of hydrogen-bond donors (Lipinski definition) is 2. The van der Waals surface area contributed by atoms with E-state index in [1.165, 1.54) is 31.7 Å². The molecule has 0 saturated carbocycles. The Balaban J connectivity index is 2.33. The van der Waals surface area contributed by atoms with Crippen LogP contribution in [0, 0.1) is 29.1 Å². The fourth-order valence-corrected chi connectivity index (χ4v) is 2.64. The van der Waals surface area contributed by atoms with Gasteiger partial charge in [-0.1, -0.05) is 0 Å². The molecule has 2 N–H and O–H groups in total. The van der Waals surface area contributed by atoms with E-state index in [0.29, 0.717) is 4.47 Å². The highest BCUT2D eigenvalue weighted by molar-refractivity contribution is 9.10. The number of halogens is 6. The number of methoxy groups -OCH3 is 2. The maximum Gasteiger partial charge on any atom is 0.326 e. The average Bonchev–Trinajstić information content (AvgIpc) is 2.67. The van der Waals surface area contributed by atoms with Gasteiger partial charge in [-0.05, 0) is 28.1 Å². The van der Waals surface area contributed by atoms with Gasteiger partial charge in [-0.2, -0.15) is 0 Å². The highest BCUT2D eigenvalue weighted by Crippen LogP contribution is 2.35. The van der Waals surface area contributed by atoms with Crippen molar-refractivity contribution < 1.29 is 41.0 Å². The van der Waals surface area contributed by atoms with E-state index >= 15 is 0 Å². The van der Waals surface area contributed by atoms with E-state index in [2.05, 4.69) is 15.9 Å². The Kier molecular flexibility index (Phi) is 6.44. The van der Waals surface area contributed by atoms with Crippen molar-refractivity contribution in [2.24, 2.45) is 0 Å². The van der Waals surface area contributed by atoms with Gasteiger partial charge in [-0.3, -0.25) is 10.1 Å². The Morgan fingerprint density at radius 3 is 1.93 bits per heavy atom. The molecule has 6 nitrogen and oxygen atoms in total. The molecule has 28 heavy (non-hydrogen) atoms. The number of anilines is 1. The van der Waals surface area contributed by atoms with Crippen LogP contribution in [-0.2, 0) is 0 Å². The molecule has 150 valence electrons. The summed E-state index contributed by atoms with van der Waals surface area (Å²) >= 11 is 3.12. The van der Waals surface area contributed by atoms with Crippen LogP contribution in [0.15, 0.2) is 16.6 Å². The number of carbonyl (C=O) groups excluding carboxylic acids is 2. The van der Waals surface area contributed by atoms with E-state index in [1.807, 2.05) is 0 Å². The molecule has 0 aliphatic rings. The maximum atomic E-state index is 13.6. The molecular weight excluding hydrogens is 459 g/mol. The number of ether oxygens (including phenoxy) is 2. The normalized spacial score (nSPS) is 10.4. The van der Waals surface area contributed by atoms with E-state index < -0.39 is 46.7 Å². The molecule has 3 amide bonds. The van der Waals surface area contributed by atoms with E-state index in [1.54, 1.807) is 5.32 Å². The maximum absolute atomic E-state index is 13.6. The largest absolute Gasteiger partial charge is 0.496 e. The summed E-state index contributed by atoms with van der Waals surface area (Å²) in [6, 6.07) is 1.30. The van der Waals surface area contributed by atoms with Gasteiger partial charge in [0.15, 0.2) is 23.3 Å². The predicted molar refractivity (Wildman–Crippen MR) is 90.0 cm³/mol. The molecule has 0 radical (unpaired) electrons. The molecule has 0 saturated heterocycles. The molecule has 0 unspecified atom stereocenters. The summed E-state index contributed by atoms with van der Waals surface area (Å²) in [4.78, 5) is 24.3. The zero-order valence-corrected chi connectivity index (χ0v) is 15.6. The molecule has 2 rings (SSSR count). The topological polar surface area (TPSA) is 76.7 Å². The lowest BCUT2D eigenvalue weighted by molar-refractivity contribution is 0.0960. The minimum Gasteiger partial charge on any atom is -0.496 e. The van der Waals surface area contributed by atoms with E-state index in [4.69, 9.17) is 9.47 Å². The molecule has 0 aliphatic carbocycles. The lowest BCUT2D eigenvalue weighted by Gasteiger charge is -2.15. The Labute approximate surface area is 162 Å². The molecule has 0 aliphatic heterocycles. The number of nitrogens with one attached hydrogen (secondary N) is 2. The number of urea groups is 1. The minimum atomic E-state index is -2.39. The SMILES string of the molecule is COc1ccc(Br)c(OC)c1C(=O)NC(=O)Nc1c(F)c(F)c(F)c(F)c1F. The third-order valence-corrected chi connectivity index (χ3v) is 4.02. The monoisotopic (exact) mass is 468 g/mol. The van der Waals surface area contributed by atoms with Crippen molar-refractivity contribution in [3.05, 3.63) is 51.3 Å². The van der Waals surface area contributed by atoms with Gasteiger partial charge in [-0.25, -0.2) is 26.7 Å². The van der Waals surface area contributed by atoms with Crippen molar-refractivity contribution in [1.29, 1.82) is 0 Å². The van der Waals surface area contributed by atoms with Gasteiger partial charge in [0.2, 0.25) is 5.82 Å². The van der Waals surface area contributed by atoms with E-state index in [-0.39, 0.29) is 17.1 Å². The summed E-state index contributed by atoms with van der Waals surface area (Å²) in [6.07, 6.45) is 0. The molecule has 0 spiro atoms. The van der Waals surface area contributed by atoms with Gasteiger partial charge in [0.1, 0.15) is 22.7 Å². The van der Waals surface area contributed by atoms with Crippen LogP contribution in [0.25, 0.3) is 0 Å². The van der Waals surface area contributed by atoms with Crippen LogP contribution in [0.3, 0.4) is 0 Å². The summed E-state index contributed by atoms with van der Waals surface area (Å²) in [5.41, 5.74) is -1.87. The number of hydrogen-bond acceptors (Lipinski definition) is 4. The third kappa shape index (κ3) is 3.86. The Hall–Kier alpha value is -2.89. The van der Waals surface area contributed by atoms with Crippen LogP contribution in [-0.4, -0.2) is 26.2 Å². The average molecular weight is 469 g/mol. The summed E-state index contributed by atoms with van der Waals surface area (Å²) in [5.74, 6) is -12.6. The van der Waals surface area contributed by atoms with Gasteiger partial charge in [0, 0.05) is 0 Å². The van der Waals surface area contributed by atoms with Gasteiger partial charge < -0.3 is 14.8 Å². The van der Waals surface area contributed by atoms with E-state index in [0.717, 1.165) is 0 Å². The molecule has 0 bridgehead atoms. The minimum absolute atomic E-state index is 0.0124. The fraction of sp³-hybridized carbons (Fsp3) is 0.125. The van der Waals surface area contributed by atoms with Gasteiger partial charge in [-0.15, -0.1) is 0 Å². The quantitative estimate of drug-likeness (QED) is 0.402. The van der Waals surface area contributed by atoms with Crippen molar-refractivity contribution in [3.63, 3.8) is 0 Å². The highest BCUT2D eigenvalue weighted by atomic mass is 79.9. The van der Waals surface area contributed by atoms with Crippen LogP contribution in [0.4, 0.5) is 32.4 Å². The standard InChI is InChI=1S/C16H10BrF5N2O4/c1-27-6-4-3-5(17)14(28-2)7(6)15(25)24-16(26)23-13-11(21)9(19)8(18)10(20)12(13)22/h3-4H,1-2H3,(H2,23,24,25,26). The molecule has 0 aromatic heterocycles. The van der Waals surface area contributed by atoms with Crippen molar-refractivity contribution in [3.8, 4) is 11.5 Å². The molecule has 0 atom stereocenters. The predicted octanol–water partition coefficient (Wildman–Crippen LogP) is 4.12. The summed E-state index contributed by atoms with van der Waals surface area (Å²) in [6.45, 7) is 0. The van der Waals surface area contributed by atoms with Gasteiger partial charge in [0.05, 0.1) is 18.7 Å². The van der Waals surface area contributed by atoms with Crippen LogP contribution in [0.5, 0.6) is 11.5 Å². The first-order valence-electron chi connectivity index (χ1n) is 7.18. The zero-order valence-electron chi connectivity index (χ0n) is 14.1. The van der Waals surface area contributed by atoms with Crippen molar-refractivity contribution in [2.75, 3.05) is 19.5 Å². The van der Waals surface area contributed by atoms with Crippen molar-refractivity contribution in [2.45, 2.75) is 0 Å². The van der Waals surface area contributed by atoms with Gasteiger partial charge in [0.25, 0.3) is 5.91 Å². The lowest BCUT2D eigenvalue weighted by Crippen LogP contribution is -2.35. The molecule has 0 heterocycles. The first-order valence-corrected chi connectivity index (χ1v) is 7.97. The van der Waals surface area contributed by atoms with Crippen LogP contribution >= 0.6 is 15.9 Å². The van der Waals surface area contributed by atoms with Crippen molar-refractivity contribution >= 4 is 33.6 Å². The fourth-order valence-electron chi connectivity index (χ4n) is 2.15. The summed E-state index contributed by atoms with van der Waals surface area (Å²) in [7, 11) is 2.46. The molecule has 2 aromatic rings. The molecule has 0 fully saturated rings. The third-order valence-electron chi connectivity index (χ3n) is 3.40.